The Kier molecular flexibility index (Phi) is 3.25. The number of carboxylic acids is 1. The molecule has 5 nitrogen and oxygen atoms in total. The van der Waals surface area contributed by atoms with Gasteiger partial charge in [0.05, 0.1) is 12.2 Å². The van der Waals surface area contributed by atoms with Gasteiger partial charge in [-0.25, -0.2) is 9.78 Å². The van der Waals surface area contributed by atoms with Gasteiger partial charge in [-0.1, -0.05) is 24.3 Å². The fourth-order valence-corrected chi connectivity index (χ4v) is 1.67. The molecule has 1 aromatic heterocycles. The molecule has 2 rings (SSSR count). The van der Waals surface area contributed by atoms with Crippen LogP contribution >= 0.6 is 0 Å². The van der Waals surface area contributed by atoms with E-state index in [1.165, 1.54) is 12.3 Å². The predicted molar refractivity (Wildman–Crippen MR) is 67.0 cm³/mol. The minimum atomic E-state index is -1.05. The van der Waals surface area contributed by atoms with Crippen molar-refractivity contribution in [1.82, 2.24) is 4.98 Å². The predicted octanol–water partition coefficient (Wildman–Crippen LogP) is 1.52. The summed E-state index contributed by atoms with van der Waals surface area (Å²) in [6.07, 6.45) is 1.44. The Morgan fingerprint density at radius 2 is 1.94 bits per heavy atom. The zero-order valence-corrected chi connectivity index (χ0v) is 9.50. The molecule has 18 heavy (non-hydrogen) atoms. The molecule has 4 N–H and O–H groups in total. The van der Waals surface area contributed by atoms with Crippen LogP contribution in [0.25, 0.3) is 11.1 Å². The van der Waals surface area contributed by atoms with Gasteiger partial charge in [-0.05, 0) is 17.2 Å². The van der Waals surface area contributed by atoms with Gasteiger partial charge in [0.15, 0.2) is 0 Å². The van der Waals surface area contributed by atoms with E-state index in [1.54, 1.807) is 24.3 Å². The summed E-state index contributed by atoms with van der Waals surface area (Å²) in [6, 6.07) is 8.28. The van der Waals surface area contributed by atoms with Crippen LogP contribution in [0.15, 0.2) is 36.5 Å². The van der Waals surface area contributed by atoms with E-state index in [1.807, 2.05) is 0 Å². The average molecular weight is 244 g/mol. The number of nitrogens with zero attached hydrogens (tertiary/aromatic N) is 1. The maximum atomic E-state index is 11.1. The molecular formula is C13H12N2O3. The highest BCUT2D eigenvalue weighted by molar-refractivity contribution is 5.96. The van der Waals surface area contributed by atoms with Crippen LogP contribution in [-0.2, 0) is 6.61 Å². The van der Waals surface area contributed by atoms with Crippen LogP contribution in [-0.4, -0.2) is 21.2 Å². The Morgan fingerprint density at radius 1 is 1.28 bits per heavy atom. The molecule has 92 valence electrons. The molecule has 0 saturated heterocycles. The van der Waals surface area contributed by atoms with Crippen molar-refractivity contribution >= 4 is 11.8 Å². The third-order valence-electron chi connectivity index (χ3n) is 2.60. The molecule has 5 heteroatoms. The van der Waals surface area contributed by atoms with Gasteiger partial charge in [0.1, 0.15) is 5.82 Å². The Morgan fingerprint density at radius 3 is 2.50 bits per heavy atom. The Balaban J connectivity index is 2.52. The second-order valence-corrected chi connectivity index (χ2v) is 3.81. The van der Waals surface area contributed by atoms with Crippen molar-refractivity contribution in [2.24, 2.45) is 0 Å². The number of benzene rings is 1. The summed E-state index contributed by atoms with van der Waals surface area (Å²) >= 11 is 0. The minimum absolute atomic E-state index is 0.0495. The fourth-order valence-electron chi connectivity index (χ4n) is 1.67. The summed E-state index contributed by atoms with van der Waals surface area (Å²) in [5.41, 5.74) is 7.58. The maximum Gasteiger partial charge on any atom is 0.336 e. The van der Waals surface area contributed by atoms with Crippen LogP contribution in [0.1, 0.15) is 15.9 Å². The summed E-state index contributed by atoms with van der Waals surface area (Å²) < 4.78 is 0. The molecule has 0 aliphatic heterocycles. The summed E-state index contributed by atoms with van der Waals surface area (Å²) in [7, 11) is 0. The summed E-state index contributed by atoms with van der Waals surface area (Å²) in [5.74, 6) is -0.881. The van der Waals surface area contributed by atoms with E-state index in [9.17, 15) is 4.79 Å². The first kappa shape index (κ1) is 12.1. The fraction of sp³-hybridized carbons (Fsp3) is 0.0769. The normalized spacial score (nSPS) is 10.3. The van der Waals surface area contributed by atoms with Crippen LogP contribution < -0.4 is 5.73 Å². The average Bonchev–Trinajstić information content (AvgIpc) is 2.39. The maximum absolute atomic E-state index is 11.1. The lowest BCUT2D eigenvalue weighted by molar-refractivity contribution is 0.0697. The number of hydrogen-bond donors (Lipinski definition) is 3. The van der Waals surface area contributed by atoms with Crippen molar-refractivity contribution in [1.29, 1.82) is 0 Å². The number of anilines is 1. The van der Waals surface area contributed by atoms with Crippen molar-refractivity contribution < 1.29 is 15.0 Å². The second-order valence-electron chi connectivity index (χ2n) is 3.81. The summed E-state index contributed by atoms with van der Waals surface area (Å²) in [5, 5.41) is 18.1. The molecule has 0 bridgehead atoms. The van der Waals surface area contributed by atoms with Gasteiger partial charge in [-0.3, -0.25) is 0 Å². The Bertz CT molecular complexity index is 579. The molecule has 0 fully saturated rings. The van der Waals surface area contributed by atoms with Gasteiger partial charge in [0.25, 0.3) is 0 Å². The van der Waals surface area contributed by atoms with Crippen molar-refractivity contribution in [2.45, 2.75) is 6.61 Å². The standard InChI is InChI=1S/C13H12N2O3/c14-12-5-10(13(17)18)11(6-15-12)9-3-1-8(7-16)2-4-9/h1-6,16H,7H2,(H2,14,15)(H,17,18). The van der Waals surface area contributed by atoms with E-state index < -0.39 is 5.97 Å². The van der Waals surface area contributed by atoms with Gasteiger partial charge in [-0.15, -0.1) is 0 Å². The zero-order chi connectivity index (χ0) is 13.1. The van der Waals surface area contributed by atoms with Gasteiger partial charge in [0, 0.05) is 11.8 Å². The number of aliphatic hydroxyl groups is 1. The summed E-state index contributed by atoms with van der Waals surface area (Å²) in [4.78, 5) is 15.1. The molecule has 0 saturated carbocycles. The second kappa shape index (κ2) is 4.85. The first-order valence-corrected chi connectivity index (χ1v) is 5.31. The lowest BCUT2D eigenvalue weighted by Crippen LogP contribution is -2.03. The Labute approximate surface area is 104 Å². The number of rotatable bonds is 3. The molecule has 0 aliphatic rings. The third kappa shape index (κ3) is 2.31. The molecule has 2 aromatic rings. The highest BCUT2D eigenvalue weighted by atomic mass is 16.4. The first-order valence-electron chi connectivity index (χ1n) is 5.31. The lowest BCUT2D eigenvalue weighted by Gasteiger charge is -2.07. The van der Waals surface area contributed by atoms with E-state index >= 15 is 0 Å². The number of nitrogen functional groups attached to an aromatic ring is 1. The number of carbonyl (C=O) groups is 1. The molecule has 0 amide bonds. The van der Waals surface area contributed by atoms with Crippen molar-refractivity contribution in [3.8, 4) is 11.1 Å². The molecule has 1 aromatic carbocycles. The molecule has 0 unspecified atom stereocenters. The molecular weight excluding hydrogens is 232 g/mol. The van der Waals surface area contributed by atoms with Crippen LogP contribution in [0.3, 0.4) is 0 Å². The van der Waals surface area contributed by atoms with Crippen LogP contribution in [0.5, 0.6) is 0 Å². The van der Waals surface area contributed by atoms with E-state index in [4.69, 9.17) is 15.9 Å². The molecule has 0 atom stereocenters. The highest BCUT2D eigenvalue weighted by Gasteiger charge is 2.12. The highest BCUT2D eigenvalue weighted by Crippen LogP contribution is 2.24. The smallest absolute Gasteiger partial charge is 0.336 e. The molecule has 0 aliphatic carbocycles. The largest absolute Gasteiger partial charge is 0.478 e. The lowest BCUT2D eigenvalue weighted by atomic mass is 10.0. The topological polar surface area (TPSA) is 96.4 Å². The molecule has 0 radical (unpaired) electrons. The van der Waals surface area contributed by atoms with E-state index in [2.05, 4.69) is 4.98 Å². The van der Waals surface area contributed by atoms with Crippen LogP contribution in [0.2, 0.25) is 0 Å². The number of nitrogens with two attached hydrogens (primary N) is 1. The number of hydrogen-bond acceptors (Lipinski definition) is 4. The number of aliphatic hydroxyl groups excluding tert-OH is 1. The zero-order valence-electron chi connectivity index (χ0n) is 9.50. The number of pyridine rings is 1. The van der Waals surface area contributed by atoms with Gasteiger partial charge >= 0.3 is 5.97 Å². The van der Waals surface area contributed by atoms with Crippen LogP contribution in [0, 0.1) is 0 Å². The summed E-state index contributed by atoms with van der Waals surface area (Å²) in [6.45, 7) is -0.0495. The van der Waals surface area contributed by atoms with Crippen molar-refractivity contribution in [3.05, 3.63) is 47.7 Å². The third-order valence-corrected chi connectivity index (χ3v) is 2.60. The van der Waals surface area contributed by atoms with Crippen molar-refractivity contribution in [2.75, 3.05) is 5.73 Å². The SMILES string of the molecule is Nc1cc(C(=O)O)c(-c2ccc(CO)cc2)cn1. The van der Waals surface area contributed by atoms with Crippen molar-refractivity contribution in [3.63, 3.8) is 0 Å². The molecule has 1 heterocycles. The Hall–Kier alpha value is -2.40. The minimum Gasteiger partial charge on any atom is -0.478 e. The van der Waals surface area contributed by atoms with Crippen LogP contribution in [0.4, 0.5) is 5.82 Å². The number of aromatic carboxylic acids is 1. The number of carboxylic acid groups (broad SMARTS) is 1. The van der Waals surface area contributed by atoms with E-state index in [0.717, 1.165) is 11.1 Å². The van der Waals surface area contributed by atoms with Gasteiger partial charge in [-0.2, -0.15) is 0 Å². The quantitative estimate of drug-likeness (QED) is 0.760. The van der Waals surface area contributed by atoms with E-state index in [-0.39, 0.29) is 18.0 Å². The number of aromatic nitrogens is 1. The van der Waals surface area contributed by atoms with E-state index in [0.29, 0.717) is 5.56 Å². The monoisotopic (exact) mass is 244 g/mol. The van der Waals surface area contributed by atoms with Gasteiger partial charge in [0.2, 0.25) is 0 Å². The van der Waals surface area contributed by atoms with Gasteiger partial charge < -0.3 is 15.9 Å². The first-order chi connectivity index (χ1) is 8.61. The molecule has 0 spiro atoms.